The maximum Gasteiger partial charge on any atom is 0.223 e. The smallest absolute Gasteiger partial charge is 0.223 e. The molecule has 0 aliphatic carbocycles. The van der Waals surface area contributed by atoms with E-state index in [-0.39, 0.29) is 18.6 Å². The number of aliphatic hydroxyl groups is 1. The Kier molecular flexibility index (Phi) is 5.91. The van der Waals surface area contributed by atoms with Crippen LogP contribution in [0.3, 0.4) is 0 Å². The standard InChI is InChI=1S/C16H21N3O2S/c1-3-14(10-20)19(15-7-5-4-6-8-15)9-13-11-22-16(18-13)17-12(2)21/h4-8,11,14,20H,3,9-10H2,1-2H3,(H,17,18,21). The van der Waals surface area contributed by atoms with Crippen LogP contribution >= 0.6 is 11.3 Å². The molecule has 1 aromatic carbocycles. The van der Waals surface area contributed by atoms with Gasteiger partial charge in [-0.05, 0) is 18.6 Å². The zero-order valence-corrected chi connectivity index (χ0v) is 13.6. The molecule has 5 nitrogen and oxygen atoms in total. The van der Waals surface area contributed by atoms with Crippen molar-refractivity contribution in [2.24, 2.45) is 0 Å². The summed E-state index contributed by atoms with van der Waals surface area (Å²) in [6.07, 6.45) is 0.841. The largest absolute Gasteiger partial charge is 0.394 e. The Morgan fingerprint density at radius 3 is 2.73 bits per heavy atom. The number of hydrogen-bond acceptors (Lipinski definition) is 5. The van der Waals surface area contributed by atoms with Gasteiger partial charge < -0.3 is 15.3 Å². The van der Waals surface area contributed by atoms with Crippen LogP contribution in [0, 0.1) is 0 Å². The molecule has 1 atom stereocenters. The molecule has 118 valence electrons. The normalized spacial score (nSPS) is 12.0. The van der Waals surface area contributed by atoms with E-state index in [1.54, 1.807) is 0 Å². The van der Waals surface area contributed by atoms with Gasteiger partial charge in [0.05, 0.1) is 24.9 Å². The Balaban J connectivity index is 2.19. The SMILES string of the molecule is CCC(CO)N(Cc1csc(NC(C)=O)n1)c1ccccc1. The predicted molar refractivity (Wildman–Crippen MR) is 90.2 cm³/mol. The summed E-state index contributed by atoms with van der Waals surface area (Å²) in [4.78, 5) is 17.7. The molecule has 22 heavy (non-hydrogen) atoms. The third-order valence-electron chi connectivity index (χ3n) is 3.38. The number of anilines is 2. The number of aliphatic hydroxyl groups excluding tert-OH is 1. The monoisotopic (exact) mass is 319 g/mol. The molecule has 2 N–H and O–H groups in total. The van der Waals surface area contributed by atoms with Crippen molar-refractivity contribution in [3.63, 3.8) is 0 Å². The molecule has 0 fully saturated rings. The Morgan fingerprint density at radius 1 is 1.41 bits per heavy atom. The number of carbonyl (C=O) groups excluding carboxylic acids is 1. The summed E-state index contributed by atoms with van der Waals surface area (Å²) in [7, 11) is 0. The number of hydrogen-bond donors (Lipinski definition) is 2. The van der Waals surface area contributed by atoms with Crippen molar-refractivity contribution >= 4 is 28.1 Å². The van der Waals surface area contributed by atoms with E-state index in [0.29, 0.717) is 11.7 Å². The molecular weight excluding hydrogens is 298 g/mol. The van der Waals surface area contributed by atoms with Crippen molar-refractivity contribution in [1.82, 2.24) is 4.98 Å². The fourth-order valence-corrected chi connectivity index (χ4v) is 3.01. The third-order valence-corrected chi connectivity index (χ3v) is 4.18. The van der Waals surface area contributed by atoms with Crippen LogP contribution in [0.4, 0.5) is 10.8 Å². The van der Waals surface area contributed by atoms with E-state index < -0.39 is 0 Å². The van der Waals surface area contributed by atoms with Crippen molar-refractivity contribution in [2.75, 3.05) is 16.8 Å². The van der Waals surface area contributed by atoms with Crippen LogP contribution in [0.15, 0.2) is 35.7 Å². The zero-order valence-electron chi connectivity index (χ0n) is 12.8. The van der Waals surface area contributed by atoms with E-state index in [0.717, 1.165) is 17.8 Å². The molecule has 0 aliphatic heterocycles. The first-order valence-electron chi connectivity index (χ1n) is 7.28. The first-order valence-corrected chi connectivity index (χ1v) is 8.16. The minimum absolute atomic E-state index is 0.0355. The summed E-state index contributed by atoms with van der Waals surface area (Å²) in [5.74, 6) is -0.123. The van der Waals surface area contributed by atoms with Gasteiger partial charge in [-0.1, -0.05) is 25.1 Å². The number of nitrogens with zero attached hydrogens (tertiary/aromatic N) is 2. The Labute approximate surface area is 134 Å². The zero-order chi connectivity index (χ0) is 15.9. The minimum atomic E-state index is -0.123. The molecule has 0 radical (unpaired) electrons. The molecule has 1 unspecified atom stereocenters. The molecule has 1 heterocycles. The number of benzene rings is 1. The van der Waals surface area contributed by atoms with Crippen molar-refractivity contribution in [1.29, 1.82) is 0 Å². The fourth-order valence-electron chi connectivity index (χ4n) is 2.26. The topological polar surface area (TPSA) is 65.5 Å². The van der Waals surface area contributed by atoms with Gasteiger partial charge in [-0.15, -0.1) is 11.3 Å². The molecule has 0 aliphatic rings. The van der Waals surface area contributed by atoms with E-state index in [9.17, 15) is 9.90 Å². The number of thiazole rings is 1. The second-order valence-corrected chi connectivity index (χ2v) is 5.89. The number of para-hydroxylation sites is 1. The van der Waals surface area contributed by atoms with E-state index in [1.807, 2.05) is 35.7 Å². The van der Waals surface area contributed by atoms with Crippen LogP contribution in [0.5, 0.6) is 0 Å². The van der Waals surface area contributed by atoms with Crippen molar-refractivity contribution in [3.05, 3.63) is 41.4 Å². The molecule has 1 amide bonds. The Morgan fingerprint density at radius 2 is 2.14 bits per heavy atom. The van der Waals surface area contributed by atoms with Gasteiger partial charge in [-0.3, -0.25) is 4.79 Å². The molecule has 0 bridgehead atoms. The van der Waals surface area contributed by atoms with Gasteiger partial charge in [0.1, 0.15) is 0 Å². The summed E-state index contributed by atoms with van der Waals surface area (Å²) in [6, 6.07) is 10.0. The van der Waals surface area contributed by atoms with Crippen LogP contribution in [0.2, 0.25) is 0 Å². The van der Waals surface area contributed by atoms with E-state index in [4.69, 9.17) is 0 Å². The van der Waals surface area contributed by atoms with Gasteiger partial charge in [0.15, 0.2) is 5.13 Å². The first kappa shape index (κ1) is 16.5. The van der Waals surface area contributed by atoms with Gasteiger partial charge in [-0.2, -0.15) is 0 Å². The lowest BCUT2D eigenvalue weighted by atomic mass is 10.1. The second-order valence-electron chi connectivity index (χ2n) is 5.03. The third kappa shape index (κ3) is 4.29. The van der Waals surface area contributed by atoms with Crippen LogP contribution in [-0.2, 0) is 11.3 Å². The Hall–Kier alpha value is -1.92. The van der Waals surface area contributed by atoms with Crippen LogP contribution < -0.4 is 10.2 Å². The number of aromatic nitrogens is 1. The molecule has 1 aromatic heterocycles. The average molecular weight is 319 g/mol. The molecule has 0 saturated carbocycles. The summed E-state index contributed by atoms with van der Waals surface area (Å²) >= 11 is 1.41. The number of rotatable bonds is 7. The van der Waals surface area contributed by atoms with Crippen molar-refractivity contribution < 1.29 is 9.90 Å². The lowest BCUT2D eigenvalue weighted by molar-refractivity contribution is -0.114. The summed E-state index contributed by atoms with van der Waals surface area (Å²) < 4.78 is 0. The van der Waals surface area contributed by atoms with Gasteiger partial charge in [0.2, 0.25) is 5.91 Å². The Bertz CT molecular complexity index is 596. The molecule has 2 rings (SSSR count). The van der Waals surface area contributed by atoms with E-state index >= 15 is 0 Å². The minimum Gasteiger partial charge on any atom is -0.394 e. The van der Waals surface area contributed by atoms with E-state index in [1.165, 1.54) is 18.3 Å². The van der Waals surface area contributed by atoms with Crippen LogP contribution in [-0.4, -0.2) is 28.6 Å². The highest BCUT2D eigenvalue weighted by molar-refractivity contribution is 7.13. The van der Waals surface area contributed by atoms with Gasteiger partial charge in [0.25, 0.3) is 0 Å². The van der Waals surface area contributed by atoms with Gasteiger partial charge in [0, 0.05) is 18.0 Å². The highest BCUT2D eigenvalue weighted by Gasteiger charge is 2.18. The molecule has 0 saturated heterocycles. The maximum absolute atomic E-state index is 11.1. The van der Waals surface area contributed by atoms with Crippen molar-refractivity contribution in [2.45, 2.75) is 32.9 Å². The lowest BCUT2D eigenvalue weighted by Crippen LogP contribution is -2.37. The highest BCUT2D eigenvalue weighted by atomic mass is 32.1. The molecule has 0 spiro atoms. The van der Waals surface area contributed by atoms with E-state index in [2.05, 4.69) is 22.1 Å². The van der Waals surface area contributed by atoms with Crippen LogP contribution in [0.25, 0.3) is 0 Å². The summed E-state index contributed by atoms with van der Waals surface area (Å²) in [5, 5.41) is 14.9. The number of nitrogens with one attached hydrogen (secondary N) is 1. The quantitative estimate of drug-likeness (QED) is 0.823. The summed E-state index contributed by atoms with van der Waals surface area (Å²) in [6.45, 7) is 4.21. The van der Waals surface area contributed by atoms with Gasteiger partial charge >= 0.3 is 0 Å². The highest BCUT2D eigenvalue weighted by Crippen LogP contribution is 2.23. The second kappa shape index (κ2) is 7.91. The molecule has 2 aromatic rings. The fraction of sp³-hybridized carbons (Fsp3) is 0.375. The molecule has 6 heteroatoms. The van der Waals surface area contributed by atoms with Crippen LogP contribution in [0.1, 0.15) is 26.0 Å². The number of carbonyl (C=O) groups is 1. The van der Waals surface area contributed by atoms with Gasteiger partial charge in [-0.25, -0.2) is 4.98 Å². The molecular formula is C16H21N3O2S. The lowest BCUT2D eigenvalue weighted by Gasteiger charge is -2.31. The first-order chi connectivity index (χ1) is 10.6. The average Bonchev–Trinajstić information content (AvgIpc) is 2.94. The number of amides is 1. The maximum atomic E-state index is 11.1. The summed E-state index contributed by atoms with van der Waals surface area (Å²) in [5.41, 5.74) is 1.93. The van der Waals surface area contributed by atoms with Crippen molar-refractivity contribution in [3.8, 4) is 0 Å². The predicted octanol–water partition coefficient (Wildman–Crippen LogP) is 2.88.